The number of hydrogen-bond donors (Lipinski definition) is 16. The number of nitrogens with one attached hydrogen (secondary N) is 12. The van der Waals surface area contributed by atoms with Crippen LogP contribution in [0, 0.1) is 23.3 Å². The van der Waals surface area contributed by atoms with Crippen LogP contribution in [0.25, 0.3) is 0 Å². The van der Waals surface area contributed by atoms with Crippen molar-refractivity contribution < 1.29 is 95.1 Å². The molecule has 4 aromatic heterocycles. The van der Waals surface area contributed by atoms with Crippen LogP contribution < -0.4 is 82.7 Å². The first-order valence-corrected chi connectivity index (χ1v) is 38.1. The Bertz CT molecular complexity index is 5800. The van der Waals surface area contributed by atoms with Gasteiger partial charge in [0.2, 0.25) is 47.4 Å². The van der Waals surface area contributed by atoms with Crippen LogP contribution in [-0.2, 0) is 38.1 Å². The Morgan fingerprint density at radius 3 is 1.09 bits per heavy atom. The molecule has 0 saturated heterocycles. The van der Waals surface area contributed by atoms with Gasteiger partial charge in [-0.3, -0.25) is 19.2 Å². The molecule has 0 spiro atoms. The molecule has 16 N–H and O–H groups in total. The molecule has 12 aromatic rings. The minimum Gasteiger partial charge on any atom is -0.508 e. The maximum atomic E-state index is 14.3. The van der Waals surface area contributed by atoms with E-state index in [0.29, 0.717) is 138 Å². The lowest BCUT2D eigenvalue weighted by atomic mass is 10.2. The van der Waals surface area contributed by atoms with Gasteiger partial charge < -0.3 is 122 Å². The highest BCUT2D eigenvalue weighted by atomic mass is 19.1. The number of aromatic nitrogens is 8. The number of anilines is 20. The number of aromatic hydroxyl groups is 4. The fourth-order valence-corrected chi connectivity index (χ4v) is 10.4. The smallest absolute Gasteiger partial charge is 0.247 e. The van der Waals surface area contributed by atoms with Crippen molar-refractivity contribution in [1.29, 1.82) is 0 Å². The van der Waals surface area contributed by atoms with Gasteiger partial charge in [-0.25, -0.2) is 37.5 Å². The second kappa shape index (κ2) is 49.4. The normalized spacial score (nSPS) is 10.3. The van der Waals surface area contributed by atoms with Gasteiger partial charge in [0.25, 0.3) is 0 Å². The molecule has 8 aromatic carbocycles. The largest absolute Gasteiger partial charge is 0.508 e. The van der Waals surface area contributed by atoms with Crippen molar-refractivity contribution in [3.8, 4) is 46.0 Å². The molecule has 0 radical (unpaired) electrons. The number of nitrogens with zero attached hydrogens (tertiary/aromatic N) is 8. The topological polar surface area (TPSA) is 471 Å². The number of benzene rings is 8. The predicted octanol–water partition coefficient (Wildman–Crippen LogP) is 15.8. The van der Waals surface area contributed by atoms with E-state index in [1.165, 1.54) is 48.5 Å². The summed E-state index contributed by atoms with van der Waals surface area (Å²) in [6.45, 7) is 16.8. The summed E-state index contributed by atoms with van der Waals surface area (Å²) in [7, 11) is 6.32. The minimum absolute atomic E-state index is 0.0633. The number of hydrogen-bond acceptors (Lipinski definition) is 32. The molecule has 0 fully saturated rings. The Balaban J connectivity index is 0.000000193. The van der Waals surface area contributed by atoms with Gasteiger partial charge in [0, 0.05) is 110 Å². The SMILES string of the molecule is C=CC(=O)Nc1cc(O)cc(Nc2nc(Nc3ccc(OCCOC)cc3)ncc2F)c1.C=CC(=O)Nc1ccc(O)c(Nc2nc(Nc3ccc(OCCOC)cc3)ncc2F)c1.C=CC(=O)Nc1cccc(Nc2nc(Nc3ccc(OCCOC)c(O)c3)ncc2F)c1.C=CC(=O)Nc1cccc(Nc2nc(Nc3ccc(OCCOC)cc3O)ncc2F)c1. The monoisotopic (exact) mass is 1760 g/mol. The summed E-state index contributed by atoms with van der Waals surface area (Å²) >= 11 is 0. The summed E-state index contributed by atoms with van der Waals surface area (Å²) in [6, 6.07) is 45.4. The van der Waals surface area contributed by atoms with Crippen molar-refractivity contribution in [2.45, 2.75) is 0 Å². The van der Waals surface area contributed by atoms with Crippen molar-refractivity contribution in [2.75, 3.05) is 145 Å². The number of rotatable bonds is 40. The van der Waals surface area contributed by atoms with Crippen molar-refractivity contribution in [3.63, 3.8) is 0 Å². The zero-order valence-corrected chi connectivity index (χ0v) is 69.0. The van der Waals surface area contributed by atoms with Crippen molar-refractivity contribution in [3.05, 3.63) is 269 Å². The Hall–Kier alpha value is -16.7. The summed E-state index contributed by atoms with van der Waals surface area (Å²) in [5.41, 5.74) is 5.30. The molecule has 0 atom stereocenters. The van der Waals surface area contributed by atoms with Crippen LogP contribution in [0.2, 0.25) is 0 Å². The summed E-state index contributed by atoms with van der Waals surface area (Å²) < 4.78 is 98.6. The maximum absolute atomic E-state index is 14.3. The van der Waals surface area contributed by atoms with Crippen molar-refractivity contribution in [2.24, 2.45) is 0 Å². The second-order valence-electron chi connectivity index (χ2n) is 25.8. The van der Waals surface area contributed by atoms with Crippen LogP contribution in [0.15, 0.2) is 245 Å². The van der Waals surface area contributed by atoms with Crippen molar-refractivity contribution in [1.82, 2.24) is 39.9 Å². The first-order chi connectivity index (χ1) is 61.9. The molecule has 128 heavy (non-hydrogen) atoms. The van der Waals surface area contributed by atoms with Gasteiger partial charge in [0.1, 0.15) is 60.9 Å². The fraction of sp³-hybridized carbons (Fsp3) is 0.136. The van der Waals surface area contributed by atoms with Crippen LogP contribution in [0.4, 0.5) is 133 Å². The predicted molar refractivity (Wildman–Crippen MR) is 477 cm³/mol. The lowest BCUT2D eigenvalue weighted by Crippen LogP contribution is -2.08. The molecule has 12 rings (SSSR count). The number of amides is 4. The van der Waals surface area contributed by atoms with E-state index in [4.69, 9.17) is 37.9 Å². The molecule has 0 bridgehead atoms. The third kappa shape index (κ3) is 31.3. The fourth-order valence-electron chi connectivity index (χ4n) is 10.4. The van der Waals surface area contributed by atoms with E-state index < -0.39 is 35.1 Å². The molecule has 0 aliphatic carbocycles. The van der Waals surface area contributed by atoms with Gasteiger partial charge in [0.15, 0.2) is 58.0 Å². The van der Waals surface area contributed by atoms with Gasteiger partial charge in [-0.2, -0.15) is 19.9 Å². The summed E-state index contributed by atoms with van der Waals surface area (Å²) in [4.78, 5) is 78.1. The number of carbonyl (C=O) groups excluding carboxylic acids is 4. The maximum Gasteiger partial charge on any atom is 0.247 e. The number of ether oxygens (including phenoxy) is 8. The van der Waals surface area contributed by atoms with Crippen LogP contribution >= 0.6 is 0 Å². The molecular weight excluding hydrogens is 1670 g/mol. The lowest BCUT2D eigenvalue weighted by molar-refractivity contribution is -0.112. The molecule has 664 valence electrons. The molecular formula is C88H88F4N20O16. The summed E-state index contributed by atoms with van der Waals surface area (Å²) in [5, 5.41) is 73.5. The highest BCUT2D eigenvalue weighted by Crippen LogP contribution is 2.36. The average molecular weight is 1760 g/mol. The number of halogens is 4. The number of phenolic OH excluding ortho intramolecular Hbond substituents is 4. The quantitative estimate of drug-likeness (QED) is 0.00557. The zero-order valence-electron chi connectivity index (χ0n) is 69.0. The van der Waals surface area contributed by atoms with Crippen molar-refractivity contribution >= 4 is 139 Å². The minimum atomic E-state index is -0.725. The van der Waals surface area contributed by atoms with E-state index in [1.54, 1.807) is 150 Å². The van der Waals surface area contributed by atoms with Gasteiger partial charge in [0.05, 0.1) is 62.6 Å². The van der Waals surface area contributed by atoms with Gasteiger partial charge in [-0.05, 0) is 158 Å². The Kier molecular flexibility index (Phi) is 36.7. The first kappa shape index (κ1) is 95.1. The van der Waals surface area contributed by atoms with Gasteiger partial charge >= 0.3 is 0 Å². The summed E-state index contributed by atoms with van der Waals surface area (Å²) in [6.07, 6.45) is 8.54. The molecule has 4 amide bonds. The van der Waals surface area contributed by atoms with E-state index in [0.717, 1.165) is 49.1 Å². The Labute approximate surface area is 730 Å². The number of phenols is 4. The van der Waals surface area contributed by atoms with Crippen LogP contribution in [0.3, 0.4) is 0 Å². The van der Waals surface area contributed by atoms with E-state index >= 15 is 0 Å². The molecule has 0 unspecified atom stereocenters. The lowest BCUT2D eigenvalue weighted by Gasteiger charge is -2.12. The van der Waals surface area contributed by atoms with Crippen LogP contribution in [0.5, 0.6) is 46.0 Å². The van der Waals surface area contributed by atoms with E-state index in [1.807, 2.05) is 0 Å². The molecule has 40 heteroatoms. The third-order valence-electron chi connectivity index (χ3n) is 16.3. The number of methoxy groups -OCH3 is 4. The van der Waals surface area contributed by atoms with Crippen LogP contribution in [0.1, 0.15) is 0 Å². The molecule has 4 heterocycles. The Morgan fingerprint density at radius 2 is 0.656 bits per heavy atom. The van der Waals surface area contributed by atoms with Crippen LogP contribution in [-0.4, -0.2) is 165 Å². The highest BCUT2D eigenvalue weighted by Gasteiger charge is 2.18. The second-order valence-corrected chi connectivity index (χ2v) is 25.8. The zero-order chi connectivity index (χ0) is 91.7. The molecule has 0 saturated carbocycles. The average Bonchev–Trinajstić information content (AvgIpc) is 0.829. The number of carbonyl (C=O) groups is 4. The van der Waals surface area contributed by atoms with E-state index in [-0.39, 0.29) is 87.6 Å². The third-order valence-corrected chi connectivity index (χ3v) is 16.3. The molecule has 0 aliphatic rings. The van der Waals surface area contributed by atoms with E-state index in [2.05, 4.69) is 130 Å². The molecule has 0 aliphatic heterocycles. The van der Waals surface area contributed by atoms with Gasteiger partial charge in [-0.1, -0.05) is 38.4 Å². The molecule has 36 nitrogen and oxygen atoms in total. The first-order valence-electron chi connectivity index (χ1n) is 38.1. The highest BCUT2D eigenvalue weighted by molar-refractivity contribution is 6.01. The van der Waals surface area contributed by atoms with E-state index in [9.17, 15) is 57.2 Å². The standard InChI is InChI=1S/4C22H22FN5O4/c1-3-20(30)25-15-6-9-19(29)18(12-15)27-21-17(23)13-24-22(28-21)26-14-4-7-16(8-5-14)32-11-10-31-2;1-3-20(30)25-15-10-16(12-17(29)11-15)26-21-19(23)13-24-22(28-21)27-14-4-6-18(7-5-14)32-9-8-31-2;1-3-20(30)25-14-5-4-6-15(11-14)26-21-17(23)13-24-22(28-21)27-16-7-8-19(18(29)12-16)32-10-9-31-2;1-3-20(30)25-14-5-4-6-15(11-14)26-21-17(23)13-24-22(28-21)27-18-8-7-16(12-19(18)29)32-10-9-31-2/h3-9,12-13,29H,1,10-11H2,2H3,(H,25,30)(H2,24,26,27,28);3-7,10-13,29H,1,8-9H2,2H3,(H,25,30)(H2,24,26,27,28);2*3-8,11-13,29H,1,9-10H2,2H3,(H,25,30)(H2,24,26,27,28). The Morgan fingerprint density at radius 1 is 0.312 bits per heavy atom. The summed E-state index contributed by atoms with van der Waals surface area (Å²) in [5.74, 6) is -2.66. The van der Waals surface area contributed by atoms with Gasteiger partial charge in [-0.15, -0.1) is 0 Å².